The van der Waals surface area contributed by atoms with E-state index in [-0.39, 0.29) is 35.2 Å². The molecule has 1 aliphatic heterocycles. The Balaban J connectivity index is 1.38. The number of nitro groups is 1. The van der Waals surface area contributed by atoms with Gasteiger partial charge in [0.25, 0.3) is 5.69 Å². The molecule has 4 rings (SSSR count). The van der Waals surface area contributed by atoms with E-state index in [4.69, 9.17) is 35.3 Å². The molecule has 4 N–H and O–H groups in total. The van der Waals surface area contributed by atoms with Crippen LogP contribution in [0.1, 0.15) is 36.6 Å². The average Bonchev–Trinajstić information content (AvgIpc) is 3.06. The Hall–Kier alpha value is -5.54. The first kappa shape index (κ1) is 35.3. The largest absolute Gasteiger partial charge is 0.493 e. The van der Waals surface area contributed by atoms with Crippen molar-refractivity contribution in [2.24, 2.45) is 5.10 Å². The molecule has 2 atom stereocenters. The second-order valence-electron chi connectivity index (χ2n) is 10.2. The quantitative estimate of drug-likeness (QED) is 0.0585. The molecule has 0 spiro atoms. The lowest BCUT2D eigenvalue weighted by molar-refractivity contribution is -0.384. The summed E-state index contributed by atoms with van der Waals surface area (Å²) in [5.74, 6) is 0.657. The highest BCUT2D eigenvalue weighted by molar-refractivity contribution is 6.32. The number of benzene rings is 3. The number of urea groups is 1. The van der Waals surface area contributed by atoms with Crippen LogP contribution < -0.4 is 35.0 Å². The van der Waals surface area contributed by atoms with Crippen molar-refractivity contribution in [3.8, 4) is 23.0 Å². The predicted octanol–water partition coefficient (Wildman–Crippen LogP) is 4.36. The van der Waals surface area contributed by atoms with Crippen LogP contribution in [-0.2, 0) is 16.1 Å². The van der Waals surface area contributed by atoms with Crippen LogP contribution in [0.15, 0.2) is 71.0 Å². The first-order valence-electron chi connectivity index (χ1n) is 14.5. The molecule has 0 aromatic heterocycles. The summed E-state index contributed by atoms with van der Waals surface area (Å²) in [6.07, 6.45) is 0.192. The van der Waals surface area contributed by atoms with Gasteiger partial charge in [0, 0.05) is 17.8 Å². The number of hydrogen-bond acceptors (Lipinski definition) is 12. The van der Waals surface area contributed by atoms with Gasteiger partial charge in [-0.2, -0.15) is 5.10 Å². The molecule has 3 aromatic carbocycles. The van der Waals surface area contributed by atoms with Crippen molar-refractivity contribution in [3.63, 3.8) is 0 Å². The smallest absolute Gasteiger partial charge is 0.337 e. The number of hydrazone groups is 1. The van der Waals surface area contributed by atoms with Crippen LogP contribution in [0.3, 0.4) is 0 Å². The van der Waals surface area contributed by atoms with Gasteiger partial charge in [0.1, 0.15) is 13.2 Å². The topological polar surface area (TPSA) is 192 Å². The molecule has 48 heavy (non-hydrogen) atoms. The van der Waals surface area contributed by atoms with Crippen LogP contribution in [0.2, 0.25) is 5.02 Å². The Bertz CT molecular complexity index is 1710. The van der Waals surface area contributed by atoms with Gasteiger partial charge in [-0.15, -0.1) is 0 Å². The first-order valence-corrected chi connectivity index (χ1v) is 14.9. The number of nitro benzene ring substituents is 1. The maximum absolute atomic E-state index is 12.5. The number of non-ortho nitro benzene ring substituents is 1. The lowest BCUT2D eigenvalue weighted by atomic mass is 9.95. The summed E-state index contributed by atoms with van der Waals surface area (Å²) >= 11 is 6.44. The molecule has 0 bridgehead atoms. The molecule has 0 radical (unpaired) electrons. The van der Waals surface area contributed by atoms with Crippen LogP contribution in [0.25, 0.3) is 0 Å². The number of aliphatic hydroxyl groups is 1. The van der Waals surface area contributed by atoms with Crippen molar-refractivity contribution in [1.82, 2.24) is 16.1 Å². The molecule has 1 heterocycles. The van der Waals surface area contributed by atoms with E-state index in [1.165, 1.54) is 32.6 Å². The van der Waals surface area contributed by atoms with E-state index in [9.17, 15) is 24.8 Å². The second-order valence-corrected chi connectivity index (χ2v) is 10.6. The molecular formula is C32H34ClN5O10. The Morgan fingerprint density at radius 2 is 1.85 bits per heavy atom. The third kappa shape index (κ3) is 8.83. The number of ether oxygens (including phenoxy) is 5. The van der Waals surface area contributed by atoms with E-state index >= 15 is 0 Å². The van der Waals surface area contributed by atoms with Gasteiger partial charge in [0.2, 0.25) is 0 Å². The minimum Gasteiger partial charge on any atom is -0.493 e. The molecule has 16 heteroatoms. The Morgan fingerprint density at radius 1 is 1.10 bits per heavy atom. The Morgan fingerprint density at radius 3 is 2.52 bits per heavy atom. The molecule has 0 fully saturated rings. The fourth-order valence-electron chi connectivity index (χ4n) is 4.64. The highest BCUT2D eigenvalue weighted by atomic mass is 35.5. The van der Waals surface area contributed by atoms with Crippen molar-refractivity contribution >= 4 is 35.5 Å². The Labute approximate surface area is 280 Å². The van der Waals surface area contributed by atoms with Crippen molar-refractivity contribution in [3.05, 3.63) is 97.7 Å². The number of allylic oxidation sites excluding steroid dienone is 1. The second kappa shape index (κ2) is 16.3. The lowest BCUT2D eigenvalue weighted by Crippen LogP contribution is -2.45. The van der Waals surface area contributed by atoms with Crippen LogP contribution in [-0.4, -0.2) is 61.9 Å². The summed E-state index contributed by atoms with van der Waals surface area (Å²) in [6.45, 7) is 3.58. The molecule has 1 aliphatic rings. The van der Waals surface area contributed by atoms with Crippen molar-refractivity contribution in [1.29, 1.82) is 0 Å². The molecule has 0 aliphatic carbocycles. The average molecular weight is 684 g/mol. The molecular weight excluding hydrogens is 650 g/mol. The van der Waals surface area contributed by atoms with E-state index in [0.717, 1.165) is 0 Å². The van der Waals surface area contributed by atoms with E-state index in [1.54, 1.807) is 56.3 Å². The van der Waals surface area contributed by atoms with Crippen molar-refractivity contribution < 1.29 is 43.3 Å². The maximum Gasteiger partial charge on any atom is 0.337 e. The van der Waals surface area contributed by atoms with Gasteiger partial charge in [0.15, 0.2) is 29.2 Å². The molecule has 2 amide bonds. The third-order valence-corrected chi connectivity index (χ3v) is 7.17. The molecule has 0 unspecified atom stereocenters. The number of carbonyl (C=O) groups is 2. The van der Waals surface area contributed by atoms with Crippen molar-refractivity contribution in [2.75, 3.05) is 27.4 Å². The van der Waals surface area contributed by atoms with Crippen LogP contribution in [0.4, 0.5) is 10.5 Å². The molecule has 254 valence electrons. The lowest BCUT2D eigenvalue weighted by Gasteiger charge is -2.28. The van der Waals surface area contributed by atoms with E-state index in [0.29, 0.717) is 46.2 Å². The summed E-state index contributed by atoms with van der Waals surface area (Å²) in [7, 11) is 2.71. The van der Waals surface area contributed by atoms with Gasteiger partial charge in [0.05, 0.1) is 48.6 Å². The highest BCUT2D eigenvalue weighted by Crippen LogP contribution is 2.37. The number of nitrogens with one attached hydrogen (secondary N) is 3. The van der Waals surface area contributed by atoms with Crippen molar-refractivity contribution in [2.45, 2.75) is 32.7 Å². The summed E-state index contributed by atoms with van der Waals surface area (Å²) in [5.41, 5.74) is 4.94. The number of aliphatic hydroxyl groups excluding tert-OH is 1. The number of rotatable bonds is 15. The monoisotopic (exact) mass is 683 g/mol. The van der Waals surface area contributed by atoms with Crippen LogP contribution >= 0.6 is 11.6 Å². The fourth-order valence-corrected chi connectivity index (χ4v) is 4.92. The van der Waals surface area contributed by atoms with Gasteiger partial charge < -0.3 is 39.4 Å². The standard InChI is InChI=1S/C32H34ClN5O10/c1-5-46-25-14-21(29-28(31(40)45-4)18(2)35-32(41)36-29)8-11-24(25)47-17-27(39)37-34-15-20-12-23(33)30(26(13-20)44-3)48-16-19-6-9-22(10-7-19)38(42)43/h6-15,27,29,37,39H,5,16-17H2,1-4H3,(H2,35,36,41)/b34-15-/t27-,29-/m0/s1. The zero-order valence-corrected chi connectivity index (χ0v) is 27.2. The van der Waals surface area contributed by atoms with Crippen LogP contribution in [0.5, 0.6) is 23.0 Å². The maximum atomic E-state index is 12.5. The highest BCUT2D eigenvalue weighted by Gasteiger charge is 2.32. The minimum absolute atomic E-state index is 0.0257. The number of amides is 2. The number of nitrogens with zero attached hydrogens (tertiary/aromatic N) is 2. The van der Waals surface area contributed by atoms with E-state index < -0.39 is 29.2 Å². The zero-order chi connectivity index (χ0) is 34.8. The molecule has 0 saturated carbocycles. The number of hydrogen-bond donors (Lipinski definition) is 4. The van der Waals surface area contributed by atoms with E-state index in [1.807, 2.05) is 0 Å². The predicted molar refractivity (Wildman–Crippen MR) is 174 cm³/mol. The van der Waals surface area contributed by atoms with E-state index in [2.05, 4.69) is 21.2 Å². The fraction of sp³-hybridized carbons (Fsp3) is 0.281. The zero-order valence-electron chi connectivity index (χ0n) is 26.4. The normalized spacial score (nSPS) is 14.9. The first-order chi connectivity index (χ1) is 23.0. The summed E-state index contributed by atoms with van der Waals surface area (Å²) in [5, 5.41) is 30.9. The third-order valence-electron chi connectivity index (χ3n) is 6.89. The van der Waals surface area contributed by atoms with Gasteiger partial charge in [-0.05, 0) is 66.9 Å². The summed E-state index contributed by atoms with van der Waals surface area (Å²) in [6, 6.07) is 12.8. The number of methoxy groups -OCH3 is 2. The molecule has 0 saturated heterocycles. The molecule has 15 nitrogen and oxygen atoms in total. The Kier molecular flexibility index (Phi) is 12.0. The SMILES string of the molecule is CCOc1cc([C@@H]2NC(=O)NC(C)=C2C(=O)OC)ccc1OC[C@H](O)N/N=C\c1cc(Cl)c(OCc2ccc([N+](=O)[O-])cc2)c(OC)c1. The van der Waals surface area contributed by atoms with Gasteiger partial charge in [-0.3, -0.25) is 15.5 Å². The number of esters is 1. The van der Waals surface area contributed by atoms with Gasteiger partial charge in [-0.1, -0.05) is 17.7 Å². The minimum atomic E-state index is -1.22. The number of halogens is 1. The van der Waals surface area contributed by atoms with Gasteiger partial charge in [-0.25, -0.2) is 9.59 Å². The molecule has 3 aromatic rings. The van der Waals surface area contributed by atoms with Crippen LogP contribution in [0, 0.1) is 10.1 Å². The summed E-state index contributed by atoms with van der Waals surface area (Å²) < 4.78 is 27.7. The van der Waals surface area contributed by atoms with Gasteiger partial charge >= 0.3 is 12.0 Å². The summed E-state index contributed by atoms with van der Waals surface area (Å²) in [4.78, 5) is 35.0. The number of carbonyl (C=O) groups excluding carboxylic acids is 2.